The summed E-state index contributed by atoms with van der Waals surface area (Å²) in [6.45, 7) is 2.99. The molecule has 0 spiro atoms. The van der Waals surface area contributed by atoms with Crippen molar-refractivity contribution in [3.05, 3.63) is 54.3 Å². The third-order valence-corrected chi connectivity index (χ3v) is 5.89. The molecule has 2 aromatic heterocycles. The molecule has 9 nitrogen and oxygen atoms in total. The lowest BCUT2D eigenvalue weighted by atomic mass is 9.95. The van der Waals surface area contributed by atoms with Gasteiger partial charge in [-0.3, -0.25) is 24.3 Å². The number of hydrogen-bond acceptors (Lipinski definition) is 7. The second kappa shape index (κ2) is 8.56. The second-order valence-electron chi connectivity index (χ2n) is 6.76. The highest BCUT2D eigenvalue weighted by molar-refractivity contribution is 7.17. The summed E-state index contributed by atoms with van der Waals surface area (Å²) in [4.78, 5) is 48.7. The number of thiophene rings is 1. The molecule has 1 aliphatic rings. The van der Waals surface area contributed by atoms with E-state index in [0.29, 0.717) is 10.6 Å². The number of nitrogens with one attached hydrogen (secondary N) is 1. The lowest BCUT2D eigenvalue weighted by Gasteiger charge is -2.12. The summed E-state index contributed by atoms with van der Waals surface area (Å²) in [5.41, 5.74) is 0.710. The fourth-order valence-corrected chi connectivity index (χ4v) is 4.67. The van der Waals surface area contributed by atoms with Crippen LogP contribution >= 0.6 is 11.3 Å². The standard InChI is InChI=1S/C19H21N3O6S/c1-3-28-19(25)16-13-6-4-5-7-14(13)29-17(16)20-15(23)10-21-9-12(22(26)27)8-11(2)18(21)24/h8-9H,3-7,10H2,1-2H3,(H,20,23). The van der Waals surface area contributed by atoms with E-state index < -0.39 is 28.9 Å². The van der Waals surface area contributed by atoms with Crippen molar-refractivity contribution in [1.29, 1.82) is 0 Å². The summed E-state index contributed by atoms with van der Waals surface area (Å²) in [7, 11) is 0. The fraction of sp³-hybridized carbons (Fsp3) is 0.421. The predicted octanol–water partition coefficient (Wildman–Crippen LogP) is 2.82. The number of nitro groups is 1. The summed E-state index contributed by atoms with van der Waals surface area (Å²) >= 11 is 1.34. The van der Waals surface area contributed by atoms with Gasteiger partial charge in [0.2, 0.25) is 5.91 Å². The molecular formula is C19H21N3O6S. The van der Waals surface area contributed by atoms with Crippen molar-refractivity contribution in [2.45, 2.75) is 46.1 Å². The number of amides is 1. The number of carbonyl (C=O) groups is 2. The van der Waals surface area contributed by atoms with Gasteiger partial charge in [-0.05, 0) is 45.1 Å². The highest BCUT2D eigenvalue weighted by Crippen LogP contribution is 2.38. The molecule has 1 amide bonds. The van der Waals surface area contributed by atoms with Crippen molar-refractivity contribution in [2.75, 3.05) is 11.9 Å². The molecule has 1 aliphatic carbocycles. The number of fused-ring (bicyclic) bond motifs is 1. The largest absolute Gasteiger partial charge is 0.462 e. The van der Waals surface area contributed by atoms with Gasteiger partial charge in [-0.1, -0.05) is 0 Å². The van der Waals surface area contributed by atoms with Crippen LogP contribution in [0.4, 0.5) is 10.7 Å². The molecule has 29 heavy (non-hydrogen) atoms. The van der Waals surface area contributed by atoms with E-state index in [1.165, 1.54) is 24.3 Å². The smallest absolute Gasteiger partial charge is 0.341 e. The number of ether oxygens (including phenoxy) is 1. The van der Waals surface area contributed by atoms with Crippen LogP contribution in [0.25, 0.3) is 0 Å². The maximum absolute atomic E-state index is 12.6. The number of esters is 1. The van der Waals surface area contributed by atoms with Crippen LogP contribution in [0.15, 0.2) is 17.1 Å². The zero-order chi connectivity index (χ0) is 21.1. The van der Waals surface area contributed by atoms with Crippen molar-refractivity contribution in [2.24, 2.45) is 0 Å². The van der Waals surface area contributed by atoms with Crippen LogP contribution in [-0.4, -0.2) is 28.0 Å². The quantitative estimate of drug-likeness (QED) is 0.437. The Morgan fingerprint density at radius 3 is 2.76 bits per heavy atom. The van der Waals surface area contributed by atoms with E-state index in [1.807, 2.05) is 0 Å². The maximum Gasteiger partial charge on any atom is 0.341 e. The summed E-state index contributed by atoms with van der Waals surface area (Å²) < 4.78 is 6.16. The minimum Gasteiger partial charge on any atom is -0.462 e. The lowest BCUT2D eigenvalue weighted by Crippen LogP contribution is -2.29. The number of pyridine rings is 1. The van der Waals surface area contributed by atoms with Crippen LogP contribution in [0.2, 0.25) is 0 Å². The molecule has 0 fully saturated rings. The van der Waals surface area contributed by atoms with Crippen molar-refractivity contribution < 1.29 is 19.2 Å². The van der Waals surface area contributed by atoms with Crippen molar-refractivity contribution >= 4 is 33.9 Å². The Hall–Kier alpha value is -3.01. The maximum atomic E-state index is 12.6. The van der Waals surface area contributed by atoms with Gasteiger partial charge in [-0.15, -0.1) is 11.3 Å². The summed E-state index contributed by atoms with van der Waals surface area (Å²) in [5, 5.41) is 14.1. The Morgan fingerprint density at radius 1 is 1.34 bits per heavy atom. The van der Waals surface area contributed by atoms with E-state index in [9.17, 15) is 24.5 Å². The first-order valence-corrected chi connectivity index (χ1v) is 10.1. The SMILES string of the molecule is CCOC(=O)c1c(NC(=O)Cn2cc([N+](=O)[O-])cc(C)c2=O)sc2c1CCCC2. The van der Waals surface area contributed by atoms with Gasteiger partial charge < -0.3 is 10.1 Å². The molecule has 2 heterocycles. The Labute approximate surface area is 170 Å². The third-order valence-electron chi connectivity index (χ3n) is 4.68. The average Bonchev–Trinajstić information content (AvgIpc) is 3.02. The van der Waals surface area contributed by atoms with Crippen LogP contribution in [-0.2, 0) is 28.9 Å². The zero-order valence-corrected chi connectivity index (χ0v) is 17.0. The predicted molar refractivity (Wildman–Crippen MR) is 108 cm³/mol. The molecule has 10 heteroatoms. The summed E-state index contributed by atoms with van der Waals surface area (Å²) in [6, 6.07) is 1.17. The van der Waals surface area contributed by atoms with E-state index in [2.05, 4.69) is 5.32 Å². The van der Waals surface area contributed by atoms with Gasteiger partial charge in [0, 0.05) is 16.5 Å². The second-order valence-corrected chi connectivity index (χ2v) is 7.86. The zero-order valence-electron chi connectivity index (χ0n) is 16.1. The monoisotopic (exact) mass is 419 g/mol. The number of carbonyl (C=O) groups excluding carboxylic acids is 2. The van der Waals surface area contributed by atoms with Crippen LogP contribution in [0.5, 0.6) is 0 Å². The highest BCUT2D eigenvalue weighted by atomic mass is 32.1. The molecule has 0 saturated carbocycles. The molecule has 0 bridgehead atoms. The Balaban J connectivity index is 1.88. The first kappa shape index (κ1) is 20.7. The van der Waals surface area contributed by atoms with Crippen LogP contribution in [0, 0.1) is 17.0 Å². The normalized spacial score (nSPS) is 12.9. The first-order valence-electron chi connectivity index (χ1n) is 9.28. The van der Waals surface area contributed by atoms with Crippen LogP contribution < -0.4 is 10.9 Å². The topological polar surface area (TPSA) is 121 Å². The number of nitrogens with zero attached hydrogens (tertiary/aromatic N) is 2. The Kier molecular flexibility index (Phi) is 6.12. The molecule has 3 rings (SSSR count). The van der Waals surface area contributed by atoms with Crippen molar-refractivity contribution in [3.63, 3.8) is 0 Å². The number of aromatic nitrogens is 1. The molecule has 2 aromatic rings. The van der Waals surface area contributed by atoms with E-state index in [-0.39, 0.29) is 17.9 Å². The molecular weight excluding hydrogens is 398 g/mol. The third kappa shape index (κ3) is 4.37. The van der Waals surface area contributed by atoms with Crippen LogP contribution in [0.3, 0.4) is 0 Å². The molecule has 0 unspecified atom stereocenters. The molecule has 0 aliphatic heterocycles. The minimum atomic E-state index is -0.618. The molecule has 1 N–H and O–H groups in total. The fourth-order valence-electron chi connectivity index (χ4n) is 3.38. The van der Waals surface area contributed by atoms with Gasteiger partial charge >= 0.3 is 5.97 Å². The lowest BCUT2D eigenvalue weighted by molar-refractivity contribution is -0.385. The van der Waals surface area contributed by atoms with Gasteiger partial charge in [-0.2, -0.15) is 0 Å². The van der Waals surface area contributed by atoms with Crippen molar-refractivity contribution in [3.8, 4) is 0 Å². The van der Waals surface area contributed by atoms with Crippen LogP contribution in [0.1, 0.15) is 46.1 Å². The van der Waals surface area contributed by atoms with Gasteiger partial charge in [0.25, 0.3) is 11.2 Å². The Bertz CT molecular complexity index is 1040. The van der Waals surface area contributed by atoms with E-state index in [0.717, 1.165) is 46.9 Å². The van der Waals surface area contributed by atoms with E-state index >= 15 is 0 Å². The molecule has 0 radical (unpaired) electrons. The Morgan fingerprint density at radius 2 is 2.07 bits per heavy atom. The molecule has 0 atom stereocenters. The number of hydrogen-bond donors (Lipinski definition) is 1. The van der Waals surface area contributed by atoms with Gasteiger partial charge in [-0.25, -0.2) is 4.79 Å². The van der Waals surface area contributed by atoms with Gasteiger partial charge in [0.05, 0.1) is 23.3 Å². The number of anilines is 1. The summed E-state index contributed by atoms with van der Waals surface area (Å²) in [6.07, 6.45) is 4.61. The van der Waals surface area contributed by atoms with Gasteiger partial charge in [0.15, 0.2) is 0 Å². The number of rotatable bonds is 6. The summed E-state index contributed by atoms with van der Waals surface area (Å²) in [5.74, 6) is -1.03. The minimum absolute atomic E-state index is 0.172. The van der Waals surface area contributed by atoms with Gasteiger partial charge in [0.1, 0.15) is 11.5 Å². The van der Waals surface area contributed by atoms with Crippen molar-refractivity contribution in [1.82, 2.24) is 4.57 Å². The highest BCUT2D eigenvalue weighted by Gasteiger charge is 2.27. The average molecular weight is 419 g/mol. The molecule has 154 valence electrons. The van der Waals surface area contributed by atoms with E-state index in [4.69, 9.17) is 4.74 Å². The number of aryl methyl sites for hydroxylation is 2. The molecule has 0 saturated heterocycles. The van der Waals surface area contributed by atoms with E-state index in [1.54, 1.807) is 6.92 Å². The first-order chi connectivity index (χ1) is 13.8. The molecule has 0 aromatic carbocycles.